The van der Waals surface area contributed by atoms with Gasteiger partial charge in [0.1, 0.15) is 11.3 Å². The number of nitrogens with zero attached hydrogens (tertiary/aromatic N) is 2. The summed E-state index contributed by atoms with van der Waals surface area (Å²) < 4.78 is 14.8. The number of nitrogens with one attached hydrogen (secondary N) is 1. The zero-order valence-corrected chi connectivity index (χ0v) is 15.4. The molecule has 3 aromatic rings. The molecule has 26 heavy (non-hydrogen) atoms. The number of carbonyl (C=O) groups excluding carboxylic acids is 1. The van der Waals surface area contributed by atoms with Crippen LogP contribution in [0.3, 0.4) is 0 Å². The summed E-state index contributed by atoms with van der Waals surface area (Å²) in [6.45, 7) is 3.44. The lowest BCUT2D eigenvalue weighted by Crippen LogP contribution is -2.40. The number of piperidine rings is 1. The molecule has 0 bridgehead atoms. The number of aryl methyl sites for hydroxylation is 1. The van der Waals surface area contributed by atoms with Crippen molar-refractivity contribution >= 4 is 38.3 Å². The molecule has 6 heteroatoms. The van der Waals surface area contributed by atoms with Crippen LogP contribution in [0.25, 0.3) is 10.2 Å². The zero-order valence-electron chi connectivity index (χ0n) is 14.5. The van der Waals surface area contributed by atoms with E-state index in [0.29, 0.717) is 12.1 Å². The first-order valence-electron chi connectivity index (χ1n) is 8.78. The quantitative estimate of drug-likeness (QED) is 0.734. The summed E-state index contributed by atoms with van der Waals surface area (Å²) in [5, 5.41) is 3.84. The molecule has 0 saturated carbocycles. The Kier molecular flexibility index (Phi) is 4.59. The molecule has 0 spiro atoms. The van der Waals surface area contributed by atoms with Crippen LogP contribution in [-0.4, -0.2) is 24.0 Å². The van der Waals surface area contributed by atoms with Crippen LogP contribution in [0.2, 0.25) is 0 Å². The second-order valence-electron chi connectivity index (χ2n) is 6.67. The summed E-state index contributed by atoms with van der Waals surface area (Å²) >= 11 is 1.48. The molecule has 2 heterocycles. The molecule has 134 valence electrons. The summed E-state index contributed by atoms with van der Waals surface area (Å²) in [5.74, 6) is -0.354. The van der Waals surface area contributed by atoms with Crippen LogP contribution in [0.4, 0.5) is 15.2 Å². The van der Waals surface area contributed by atoms with E-state index in [1.54, 1.807) is 6.07 Å². The normalized spacial score (nSPS) is 17.5. The van der Waals surface area contributed by atoms with E-state index in [-0.39, 0.29) is 17.6 Å². The fourth-order valence-corrected chi connectivity index (χ4v) is 4.37. The van der Waals surface area contributed by atoms with Gasteiger partial charge in [-0.1, -0.05) is 35.6 Å². The van der Waals surface area contributed by atoms with Crippen molar-refractivity contribution in [3.63, 3.8) is 0 Å². The highest BCUT2D eigenvalue weighted by Gasteiger charge is 2.28. The van der Waals surface area contributed by atoms with E-state index in [1.807, 2.05) is 37.3 Å². The predicted octanol–water partition coefficient (Wildman–Crippen LogP) is 4.60. The number of carbonyl (C=O) groups is 1. The van der Waals surface area contributed by atoms with Crippen molar-refractivity contribution in [2.45, 2.75) is 19.8 Å². The molecule has 1 aliphatic rings. The largest absolute Gasteiger partial charge is 0.347 e. The van der Waals surface area contributed by atoms with Gasteiger partial charge in [-0.3, -0.25) is 4.79 Å². The van der Waals surface area contributed by atoms with Crippen LogP contribution < -0.4 is 10.2 Å². The first-order chi connectivity index (χ1) is 12.6. The second-order valence-corrected chi connectivity index (χ2v) is 7.68. The Morgan fingerprint density at radius 1 is 1.27 bits per heavy atom. The van der Waals surface area contributed by atoms with E-state index in [1.165, 1.54) is 17.4 Å². The van der Waals surface area contributed by atoms with Crippen molar-refractivity contribution in [1.29, 1.82) is 0 Å². The molecule has 1 atom stereocenters. The number of aromatic nitrogens is 1. The van der Waals surface area contributed by atoms with Crippen molar-refractivity contribution in [2.24, 2.45) is 5.92 Å². The monoisotopic (exact) mass is 369 g/mol. The van der Waals surface area contributed by atoms with Gasteiger partial charge in [0, 0.05) is 18.8 Å². The highest BCUT2D eigenvalue weighted by Crippen LogP contribution is 2.33. The molecule has 1 N–H and O–H groups in total. The van der Waals surface area contributed by atoms with Gasteiger partial charge >= 0.3 is 0 Å². The number of rotatable bonds is 3. The molecule has 1 unspecified atom stereocenters. The number of hydrogen-bond donors (Lipinski definition) is 1. The molecular weight excluding hydrogens is 349 g/mol. The van der Waals surface area contributed by atoms with Crippen LogP contribution in [0, 0.1) is 18.7 Å². The van der Waals surface area contributed by atoms with Gasteiger partial charge in [-0.05, 0) is 43.5 Å². The van der Waals surface area contributed by atoms with E-state index in [2.05, 4.69) is 15.2 Å². The van der Waals surface area contributed by atoms with Crippen molar-refractivity contribution in [2.75, 3.05) is 23.3 Å². The van der Waals surface area contributed by atoms with Gasteiger partial charge in [0.15, 0.2) is 5.13 Å². The minimum atomic E-state index is -0.296. The van der Waals surface area contributed by atoms with Crippen molar-refractivity contribution in [3.05, 3.63) is 53.8 Å². The van der Waals surface area contributed by atoms with E-state index in [4.69, 9.17) is 0 Å². The third-order valence-electron chi connectivity index (χ3n) is 4.82. The fraction of sp³-hybridized carbons (Fsp3) is 0.300. The molecule has 2 aromatic carbocycles. The predicted molar refractivity (Wildman–Crippen MR) is 104 cm³/mol. The first kappa shape index (κ1) is 17.0. The SMILES string of the molecule is Cc1ccccc1NC(=O)C1CCCN(c2nc3c(F)cccc3s2)C1. The maximum atomic E-state index is 13.9. The molecule has 1 saturated heterocycles. The van der Waals surface area contributed by atoms with Gasteiger partial charge in [0.05, 0.1) is 10.6 Å². The van der Waals surface area contributed by atoms with Crippen LogP contribution in [-0.2, 0) is 4.79 Å². The van der Waals surface area contributed by atoms with Gasteiger partial charge in [0.25, 0.3) is 0 Å². The number of hydrogen-bond acceptors (Lipinski definition) is 4. The zero-order chi connectivity index (χ0) is 18.1. The van der Waals surface area contributed by atoms with Crippen molar-refractivity contribution in [3.8, 4) is 0 Å². The summed E-state index contributed by atoms with van der Waals surface area (Å²) in [4.78, 5) is 19.3. The van der Waals surface area contributed by atoms with Crippen LogP contribution in [0.5, 0.6) is 0 Å². The highest BCUT2D eigenvalue weighted by molar-refractivity contribution is 7.22. The third kappa shape index (κ3) is 3.29. The topological polar surface area (TPSA) is 45.2 Å². The van der Waals surface area contributed by atoms with Gasteiger partial charge in [-0.15, -0.1) is 0 Å². The van der Waals surface area contributed by atoms with Crippen molar-refractivity contribution < 1.29 is 9.18 Å². The number of fused-ring (bicyclic) bond motifs is 1. The summed E-state index contributed by atoms with van der Waals surface area (Å²) in [6.07, 6.45) is 1.78. The molecular formula is C20H20FN3OS. The average molecular weight is 369 g/mol. The molecule has 0 radical (unpaired) electrons. The van der Waals surface area contributed by atoms with E-state index >= 15 is 0 Å². The summed E-state index contributed by atoms with van der Waals surface area (Å²) in [7, 11) is 0. The molecule has 1 aliphatic heterocycles. The Morgan fingerprint density at radius 2 is 2.12 bits per heavy atom. The van der Waals surface area contributed by atoms with E-state index in [9.17, 15) is 9.18 Å². The smallest absolute Gasteiger partial charge is 0.229 e. The number of halogens is 1. The Balaban J connectivity index is 1.50. The average Bonchev–Trinajstić information content (AvgIpc) is 3.09. The Morgan fingerprint density at radius 3 is 2.92 bits per heavy atom. The summed E-state index contributed by atoms with van der Waals surface area (Å²) in [5.41, 5.74) is 2.32. The lowest BCUT2D eigenvalue weighted by atomic mass is 9.97. The molecule has 0 aliphatic carbocycles. The third-order valence-corrected chi connectivity index (χ3v) is 5.91. The Hall–Kier alpha value is -2.47. The maximum absolute atomic E-state index is 13.9. The number of para-hydroxylation sites is 2. The maximum Gasteiger partial charge on any atom is 0.229 e. The van der Waals surface area contributed by atoms with Gasteiger partial charge < -0.3 is 10.2 Å². The first-order valence-corrected chi connectivity index (χ1v) is 9.60. The highest BCUT2D eigenvalue weighted by atomic mass is 32.1. The number of thiazole rings is 1. The van der Waals surface area contributed by atoms with Crippen molar-refractivity contribution in [1.82, 2.24) is 4.98 Å². The van der Waals surface area contributed by atoms with Crippen LogP contribution in [0.15, 0.2) is 42.5 Å². The van der Waals surface area contributed by atoms with Gasteiger partial charge in [0.2, 0.25) is 5.91 Å². The molecule has 4 nitrogen and oxygen atoms in total. The fourth-order valence-electron chi connectivity index (χ4n) is 3.35. The van der Waals surface area contributed by atoms with Crippen LogP contribution in [0.1, 0.15) is 18.4 Å². The summed E-state index contributed by atoms with van der Waals surface area (Å²) in [6, 6.07) is 12.8. The minimum Gasteiger partial charge on any atom is -0.347 e. The van der Waals surface area contributed by atoms with Gasteiger partial charge in [-0.2, -0.15) is 0 Å². The number of amides is 1. The minimum absolute atomic E-state index is 0.0382. The lowest BCUT2D eigenvalue weighted by Gasteiger charge is -2.31. The Labute approximate surface area is 155 Å². The molecule has 4 rings (SSSR count). The number of anilines is 2. The van der Waals surface area contributed by atoms with Gasteiger partial charge in [-0.25, -0.2) is 9.37 Å². The van der Waals surface area contributed by atoms with E-state index < -0.39 is 0 Å². The second kappa shape index (κ2) is 7.03. The number of benzene rings is 2. The standard InChI is InChI=1S/C20H20FN3OS/c1-13-6-2-3-9-16(13)22-19(25)14-7-5-11-24(12-14)20-23-18-15(21)8-4-10-17(18)26-20/h2-4,6,8-10,14H,5,7,11-12H2,1H3,(H,22,25). The molecule has 1 fully saturated rings. The molecule has 1 aromatic heterocycles. The van der Waals surface area contributed by atoms with E-state index in [0.717, 1.165) is 40.5 Å². The van der Waals surface area contributed by atoms with Crippen LogP contribution >= 0.6 is 11.3 Å². The Bertz CT molecular complexity index is 955. The molecule has 1 amide bonds. The lowest BCUT2D eigenvalue weighted by molar-refractivity contribution is -0.120.